The highest BCUT2D eigenvalue weighted by atomic mass is 79.9. The van der Waals surface area contributed by atoms with E-state index in [4.69, 9.17) is 11.6 Å². The molecule has 7 heteroatoms. The molecular formula is C10H7BrClF3OS. The molecule has 0 radical (unpaired) electrons. The minimum absolute atomic E-state index is 0.00951. The minimum Gasteiger partial charge on any atom is -0.294 e. The first-order valence-corrected chi connectivity index (χ1v) is 6.63. The lowest BCUT2D eigenvalue weighted by atomic mass is 10.1. The summed E-state index contributed by atoms with van der Waals surface area (Å²) in [6.45, 7) is 0. The molecule has 0 spiro atoms. The summed E-state index contributed by atoms with van der Waals surface area (Å²) in [5.41, 5.74) is -4.38. The van der Waals surface area contributed by atoms with Crippen LogP contribution in [0.3, 0.4) is 0 Å². The molecule has 0 amide bonds. The summed E-state index contributed by atoms with van der Waals surface area (Å²) in [5, 5.41) is 0. The lowest BCUT2D eigenvalue weighted by Gasteiger charge is -2.11. The number of benzene rings is 1. The highest BCUT2D eigenvalue weighted by molar-refractivity contribution is 9.10. The molecule has 0 N–H and O–H groups in total. The summed E-state index contributed by atoms with van der Waals surface area (Å²) in [4.78, 5) is 11.6. The van der Waals surface area contributed by atoms with E-state index < -0.39 is 11.3 Å². The summed E-state index contributed by atoms with van der Waals surface area (Å²) < 4.78 is 37.3. The van der Waals surface area contributed by atoms with Crippen molar-refractivity contribution < 1.29 is 18.0 Å². The Labute approximate surface area is 114 Å². The Morgan fingerprint density at radius 3 is 2.59 bits per heavy atom. The molecule has 0 fully saturated rings. The van der Waals surface area contributed by atoms with Gasteiger partial charge in [-0.3, -0.25) is 4.79 Å². The van der Waals surface area contributed by atoms with Gasteiger partial charge in [-0.15, -0.1) is 11.6 Å². The van der Waals surface area contributed by atoms with Gasteiger partial charge in [-0.25, -0.2) is 0 Å². The standard InChI is InChI=1S/C10H7BrClF3OS/c11-6-2-1-3-8(17-10(13,14)15)9(6)7(16)4-5-12/h1-3H,4-5H2. The van der Waals surface area contributed by atoms with Crippen LogP contribution in [-0.2, 0) is 0 Å². The first-order chi connectivity index (χ1) is 7.85. The molecule has 1 rings (SSSR count). The third-order valence-corrected chi connectivity index (χ3v) is 3.44. The van der Waals surface area contributed by atoms with E-state index >= 15 is 0 Å². The Bertz CT molecular complexity index is 423. The number of rotatable bonds is 4. The van der Waals surface area contributed by atoms with Gasteiger partial charge in [0.15, 0.2) is 5.78 Å². The maximum absolute atomic E-state index is 12.3. The Balaban J connectivity index is 3.13. The van der Waals surface area contributed by atoms with Crippen molar-refractivity contribution in [2.24, 2.45) is 0 Å². The van der Waals surface area contributed by atoms with Crippen molar-refractivity contribution in [1.29, 1.82) is 0 Å². The second-order valence-electron chi connectivity index (χ2n) is 3.02. The molecule has 1 aromatic carbocycles. The van der Waals surface area contributed by atoms with E-state index in [0.717, 1.165) is 0 Å². The molecule has 1 nitrogen and oxygen atoms in total. The third-order valence-electron chi connectivity index (χ3n) is 1.80. The largest absolute Gasteiger partial charge is 0.446 e. The van der Waals surface area contributed by atoms with Crippen LogP contribution in [0.15, 0.2) is 27.6 Å². The predicted molar refractivity (Wildman–Crippen MR) is 65.7 cm³/mol. The van der Waals surface area contributed by atoms with Gasteiger partial charge in [0.2, 0.25) is 0 Å². The average molecular weight is 348 g/mol. The van der Waals surface area contributed by atoms with E-state index in [-0.39, 0.29) is 34.5 Å². The van der Waals surface area contributed by atoms with Crippen LogP contribution in [0, 0.1) is 0 Å². The van der Waals surface area contributed by atoms with Crippen LogP contribution in [0.2, 0.25) is 0 Å². The van der Waals surface area contributed by atoms with Crippen molar-refractivity contribution in [3.05, 3.63) is 28.2 Å². The smallest absolute Gasteiger partial charge is 0.294 e. The Morgan fingerprint density at radius 1 is 1.41 bits per heavy atom. The SMILES string of the molecule is O=C(CCCl)c1c(Br)cccc1SC(F)(F)F. The molecule has 0 aromatic heterocycles. The minimum atomic E-state index is -4.42. The molecule has 0 bridgehead atoms. The lowest BCUT2D eigenvalue weighted by molar-refractivity contribution is -0.0328. The van der Waals surface area contributed by atoms with Gasteiger partial charge in [0, 0.05) is 27.2 Å². The molecule has 0 saturated carbocycles. The van der Waals surface area contributed by atoms with E-state index in [0.29, 0.717) is 4.47 Å². The fourth-order valence-corrected chi connectivity index (χ4v) is 2.81. The van der Waals surface area contributed by atoms with Crippen LogP contribution in [-0.4, -0.2) is 17.2 Å². The fraction of sp³-hybridized carbons (Fsp3) is 0.300. The fourth-order valence-electron chi connectivity index (χ4n) is 1.20. The number of hydrogen-bond acceptors (Lipinski definition) is 2. The highest BCUT2D eigenvalue weighted by Gasteiger charge is 2.31. The number of hydrogen-bond donors (Lipinski definition) is 0. The van der Waals surface area contributed by atoms with Crippen molar-refractivity contribution in [3.63, 3.8) is 0 Å². The topological polar surface area (TPSA) is 17.1 Å². The van der Waals surface area contributed by atoms with E-state index in [2.05, 4.69) is 15.9 Å². The maximum Gasteiger partial charge on any atom is 0.446 e. The van der Waals surface area contributed by atoms with Crippen molar-refractivity contribution in [2.45, 2.75) is 16.8 Å². The summed E-state index contributed by atoms with van der Waals surface area (Å²) in [6.07, 6.45) is 0.00951. The molecule has 0 aliphatic heterocycles. The van der Waals surface area contributed by atoms with Gasteiger partial charge in [0.1, 0.15) is 0 Å². The zero-order valence-corrected chi connectivity index (χ0v) is 11.5. The molecular weight excluding hydrogens is 341 g/mol. The average Bonchev–Trinajstić information content (AvgIpc) is 2.15. The molecule has 0 atom stereocenters. The molecule has 0 unspecified atom stereocenters. The Morgan fingerprint density at radius 2 is 2.06 bits per heavy atom. The van der Waals surface area contributed by atoms with Gasteiger partial charge in [-0.05, 0) is 23.9 Å². The van der Waals surface area contributed by atoms with Gasteiger partial charge < -0.3 is 0 Å². The summed E-state index contributed by atoms with van der Waals surface area (Å²) in [5.74, 6) is -0.324. The molecule has 0 heterocycles. The maximum atomic E-state index is 12.3. The predicted octanol–water partition coefficient (Wildman–Crippen LogP) is 4.87. The van der Waals surface area contributed by atoms with Crippen LogP contribution in [0.25, 0.3) is 0 Å². The van der Waals surface area contributed by atoms with Crippen LogP contribution >= 0.6 is 39.3 Å². The number of alkyl halides is 4. The van der Waals surface area contributed by atoms with Gasteiger partial charge in [0.25, 0.3) is 0 Å². The summed E-state index contributed by atoms with van der Waals surface area (Å²) in [6, 6.07) is 4.25. The molecule has 1 aromatic rings. The lowest BCUT2D eigenvalue weighted by Crippen LogP contribution is -2.06. The molecule has 0 aliphatic carbocycles. The quantitative estimate of drug-likeness (QED) is 0.439. The number of carbonyl (C=O) groups excluding carboxylic acids is 1. The number of Topliss-reactive ketones (excluding diaryl/α,β-unsaturated/α-hetero) is 1. The molecule has 0 aliphatic rings. The van der Waals surface area contributed by atoms with Gasteiger partial charge in [0.05, 0.1) is 0 Å². The normalized spacial score (nSPS) is 11.6. The molecule has 17 heavy (non-hydrogen) atoms. The van der Waals surface area contributed by atoms with Crippen molar-refractivity contribution in [3.8, 4) is 0 Å². The molecule has 94 valence electrons. The summed E-state index contributed by atoms with van der Waals surface area (Å²) >= 11 is 8.20. The van der Waals surface area contributed by atoms with E-state index in [1.807, 2.05) is 0 Å². The van der Waals surface area contributed by atoms with Crippen molar-refractivity contribution in [2.75, 3.05) is 5.88 Å². The zero-order valence-electron chi connectivity index (χ0n) is 8.35. The first-order valence-electron chi connectivity index (χ1n) is 4.48. The second kappa shape index (κ2) is 6.11. The first kappa shape index (κ1) is 14.9. The Kier molecular flexibility index (Phi) is 5.34. The number of ketones is 1. The van der Waals surface area contributed by atoms with E-state index in [9.17, 15) is 18.0 Å². The van der Waals surface area contributed by atoms with Gasteiger partial charge in [-0.1, -0.05) is 22.0 Å². The number of halogens is 5. The summed E-state index contributed by atoms with van der Waals surface area (Å²) in [7, 11) is 0. The van der Waals surface area contributed by atoms with Crippen LogP contribution in [0.5, 0.6) is 0 Å². The number of carbonyl (C=O) groups is 1. The van der Waals surface area contributed by atoms with Gasteiger partial charge >= 0.3 is 5.51 Å². The van der Waals surface area contributed by atoms with Crippen LogP contribution in [0.1, 0.15) is 16.8 Å². The highest BCUT2D eigenvalue weighted by Crippen LogP contribution is 2.40. The van der Waals surface area contributed by atoms with E-state index in [1.165, 1.54) is 18.2 Å². The number of thioether (sulfide) groups is 1. The zero-order chi connectivity index (χ0) is 13.1. The molecule has 0 saturated heterocycles. The second-order valence-corrected chi connectivity index (χ2v) is 5.36. The monoisotopic (exact) mass is 346 g/mol. The van der Waals surface area contributed by atoms with Crippen molar-refractivity contribution in [1.82, 2.24) is 0 Å². The van der Waals surface area contributed by atoms with Crippen LogP contribution in [0.4, 0.5) is 13.2 Å². The Hall–Kier alpha value is -0.200. The van der Waals surface area contributed by atoms with Crippen molar-refractivity contribution >= 4 is 45.1 Å². The van der Waals surface area contributed by atoms with Crippen LogP contribution < -0.4 is 0 Å². The third kappa shape index (κ3) is 4.52. The van der Waals surface area contributed by atoms with E-state index in [1.54, 1.807) is 0 Å². The van der Waals surface area contributed by atoms with Gasteiger partial charge in [-0.2, -0.15) is 13.2 Å².